The second-order valence-electron chi connectivity index (χ2n) is 6.16. The van der Waals surface area contributed by atoms with Crippen molar-refractivity contribution in [1.82, 2.24) is 15.1 Å². The third-order valence-electron chi connectivity index (χ3n) is 4.15. The summed E-state index contributed by atoms with van der Waals surface area (Å²) in [7, 11) is 0. The quantitative estimate of drug-likeness (QED) is 0.620. The van der Waals surface area contributed by atoms with Gasteiger partial charge in [-0.15, -0.1) is 0 Å². The SMILES string of the molecule is CCOCCNCc1cn(-c2ccc(F)cc2)nc1-c1ccc(C)cc1. The van der Waals surface area contributed by atoms with Gasteiger partial charge in [-0.25, -0.2) is 9.07 Å². The summed E-state index contributed by atoms with van der Waals surface area (Å²) >= 11 is 0. The predicted octanol–water partition coefficient (Wildman–Crippen LogP) is 4.11. The van der Waals surface area contributed by atoms with Gasteiger partial charge in [0.2, 0.25) is 0 Å². The maximum Gasteiger partial charge on any atom is 0.123 e. The summed E-state index contributed by atoms with van der Waals surface area (Å²) in [5.41, 5.74) is 5.13. The van der Waals surface area contributed by atoms with Gasteiger partial charge in [-0.1, -0.05) is 29.8 Å². The van der Waals surface area contributed by atoms with E-state index in [1.165, 1.54) is 17.7 Å². The van der Waals surface area contributed by atoms with Gasteiger partial charge in [0.05, 0.1) is 18.0 Å². The lowest BCUT2D eigenvalue weighted by molar-refractivity contribution is 0.149. The summed E-state index contributed by atoms with van der Waals surface area (Å²) in [5.74, 6) is -0.252. The summed E-state index contributed by atoms with van der Waals surface area (Å²) in [6.45, 7) is 6.93. The molecule has 1 aromatic heterocycles. The van der Waals surface area contributed by atoms with Crippen LogP contribution in [0.5, 0.6) is 0 Å². The molecule has 0 amide bonds. The molecular weight excluding hydrogens is 329 g/mol. The molecule has 1 N–H and O–H groups in total. The van der Waals surface area contributed by atoms with Crippen LogP contribution in [0.3, 0.4) is 0 Å². The zero-order valence-corrected chi connectivity index (χ0v) is 15.2. The number of hydrogen-bond acceptors (Lipinski definition) is 3. The summed E-state index contributed by atoms with van der Waals surface area (Å²) in [5, 5.41) is 8.14. The van der Waals surface area contributed by atoms with E-state index in [0.29, 0.717) is 13.2 Å². The second-order valence-corrected chi connectivity index (χ2v) is 6.16. The average Bonchev–Trinajstić information content (AvgIpc) is 3.07. The van der Waals surface area contributed by atoms with Crippen molar-refractivity contribution < 1.29 is 9.13 Å². The third-order valence-corrected chi connectivity index (χ3v) is 4.15. The van der Waals surface area contributed by atoms with Crippen molar-refractivity contribution >= 4 is 0 Å². The van der Waals surface area contributed by atoms with Crippen LogP contribution in [-0.4, -0.2) is 29.5 Å². The van der Waals surface area contributed by atoms with Crippen LogP contribution in [0.2, 0.25) is 0 Å². The fourth-order valence-electron chi connectivity index (χ4n) is 2.73. The summed E-state index contributed by atoms with van der Waals surface area (Å²) in [6.07, 6.45) is 2.00. The van der Waals surface area contributed by atoms with E-state index in [0.717, 1.165) is 35.7 Å². The number of ether oxygens (including phenoxy) is 1. The van der Waals surface area contributed by atoms with E-state index in [1.807, 2.05) is 13.1 Å². The van der Waals surface area contributed by atoms with Crippen molar-refractivity contribution in [2.45, 2.75) is 20.4 Å². The largest absolute Gasteiger partial charge is 0.380 e. The first-order valence-corrected chi connectivity index (χ1v) is 8.87. The van der Waals surface area contributed by atoms with Gasteiger partial charge in [-0.3, -0.25) is 0 Å². The molecular formula is C21H24FN3O. The molecule has 136 valence electrons. The Kier molecular flexibility index (Phi) is 6.15. The van der Waals surface area contributed by atoms with Crippen LogP contribution >= 0.6 is 0 Å². The Balaban J connectivity index is 1.86. The standard InChI is InChI=1S/C21H24FN3O/c1-3-26-13-12-23-14-18-15-25(20-10-8-19(22)9-11-20)24-21(18)17-6-4-16(2)5-7-17/h4-11,15,23H,3,12-14H2,1-2H3. The average molecular weight is 353 g/mol. The molecule has 0 aliphatic heterocycles. The van der Waals surface area contributed by atoms with E-state index in [4.69, 9.17) is 9.84 Å². The lowest BCUT2D eigenvalue weighted by Crippen LogP contribution is -2.19. The molecule has 0 saturated heterocycles. The lowest BCUT2D eigenvalue weighted by Gasteiger charge is -2.05. The Hall–Kier alpha value is -2.50. The summed E-state index contributed by atoms with van der Waals surface area (Å²) < 4.78 is 20.4. The number of nitrogens with zero attached hydrogens (tertiary/aromatic N) is 2. The topological polar surface area (TPSA) is 39.1 Å². The molecule has 0 unspecified atom stereocenters. The van der Waals surface area contributed by atoms with Gasteiger partial charge in [0, 0.05) is 37.0 Å². The third kappa shape index (κ3) is 4.56. The number of nitrogens with one attached hydrogen (secondary N) is 1. The number of aromatic nitrogens is 2. The number of halogens is 1. The molecule has 0 radical (unpaired) electrons. The van der Waals surface area contributed by atoms with Crippen molar-refractivity contribution in [3.05, 3.63) is 71.7 Å². The molecule has 3 rings (SSSR count). The Bertz CT molecular complexity index is 825. The van der Waals surface area contributed by atoms with Crippen molar-refractivity contribution in [2.24, 2.45) is 0 Å². The van der Waals surface area contributed by atoms with Crippen LogP contribution < -0.4 is 5.32 Å². The van der Waals surface area contributed by atoms with Gasteiger partial charge in [-0.2, -0.15) is 5.10 Å². The minimum atomic E-state index is -0.252. The fraction of sp³-hybridized carbons (Fsp3) is 0.286. The monoisotopic (exact) mass is 353 g/mol. The molecule has 1 heterocycles. The van der Waals surface area contributed by atoms with Crippen LogP contribution in [0.4, 0.5) is 4.39 Å². The van der Waals surface area contributed by atoms with E-state index < -0.39 is 0 Å². The van der Waals surface area contributed by atoms with Crippen molar-refractivity contribution in [3.8, 4) is 16.9 Å². The highest BCUT2D eigenvalue weighted by Gasteiger charge is 2.12. The van der Waals surface area contributed by atoms with Gasteiger partial charge < -0.3 is 10.1 Å². The summed E-state index contributed by atoms with van der Waals surface area (Å²) in [4.78, 5) is 0. The molecule has 0 spiro atoms. The zero-order chi connectivity index (χ0) is 18.4. The highest BCUT2D eigenvalue weighted by Crippen LogP contribution is 2.24. The Morgan fingerprint density at radius 3 is 2.50 bits per heavy atom. The van der Waals surface area contributed by atoms with E-state index in [-0.39, 0.29) is 5.82 Å². The summed E-state index contributed by atoms with van der Waals surface area (Å²) in [6, 6.07) is 14.7. The highest BCUT2D eigenvalue weighted by molar-refractivity contribution is 5.63. The highest BCUT2D eigenvalue weighted by atomic mass is 19.1. The lowest BCUT2D eigenvalue weighted by atomic mass is 10.1. The van der Waals surface area contributed by atoms with Crippen LogP contribution in [0, 0.1) is 12.7 Å². The minimum absolute atomic E-state index is 0.252. The molecule has 0 bridgehead atoms. The minimum Gasteiger partial charge on any atom is -0.380 e. The normalized spacial score (nSPS) is 11.0. The van der Waals surface area contributed by atoms with Crippen molar-refractivity contribution in [2.75, 3.05) is 19.8 Å². The van der Waals surface area contributed by atoms with Gasteiger partial charge in [0.1, 0.15) is 5.82 Å². The van der Waals surface area contributed by atoms with E-state index in [9.17, 15) is 4.39 Å². The Morgan fingerprint density at radius 2 is 1.81 bits per heavy atom. The number of aryl methyl sites for hydroxylation is 1. The molecule has 3 aromatic rings. The molecule has 5 heteroatoms. The maximum absolute atomic E-state index is 13.2. The first-order chi connectivity index (χ1) is 12.7. The molecule has 0 aliphatic carbocycles. The predicted molar refractivity (Wildman–Crippen MR) is 102 cm³/mol. The molecule has 4 nitrogen and oxygen atoms in total. The fourth-order valence-corrected chi connectivity index (χ4v) is 2.73. The maximum atomic E-state index is 13.2. The van der Waals surface area contributed by atoms with E-state index in [2.05, 4.69) is 36.5 Å². The molecule has 26 heavy (non-hydrogen) atoms. The van der Waals surface area contributed by atoms with Crippen LogP contribution in [0.1, 0.15) is 18.1 Å². The van der Waals surface area contributed by atoms with Gasteiger partial charge in [0.25, 0.3) is 0 Å². The smallest absolute Gasteiger partial charge is 0.123 e. The van der Waals surface area contributed by atoms with Crippen molar-refractivity contribution in [1.29, 1.82) is 0 Å². The van der Waals surface area contributed by atoms with Crippen LogP contribution in [0.15, 0.2) is 54.7 Å². The second kappa shape index (κ2) is 8.74. The molecule has 0 fully saturated rings. The number of hydrogen-bond donors (Lipinski definition) is 1. The molecule has 2 aromatic carbocycles. The van der Waals surface area contributed by atoms with Gasteiger partial charge >= 0.3 is 0 Å². The van der Waals surface area contributed by atoms with Crippen LogP contribution in [0.25, 0.3) is 16.9 Å². The van der Waals surface area contributed by atoms with Gasteiger partial charge in [-0.05, 0) is 38.1 Å². The first kappa shape index (κ1) is 18.3. The molecule has 0 aliphatic rings. The van der Waals surface area contributed by atoms with Crippen molar-refractivity contribution in [3.63, 3.8) is 0 Å². The van der Waals surface area contributed by atoms with E-state index >= 15 is 0 Å². The number of rotatable bonds is 8. The Morgan fingerprint density at radius 1 is 1.08 bits per heavy atom. The first-order valence-electron chi connectivity index (χ1n) is 8.87. The molecule has 0 atom stereocenters. The number of benzene rings is 2. The Labute approximate surface area is 153 Å². The molecule has 0 saturated carbocycles. The van der Waals surface area contributed by atoms with Gasteiger partial charge in [0.15, 0.2) is 0 Å². The zero-order valence-electron chi connectivity index (χ0n) is 15.2. The van der Waals surface area contributed by atoms with E-state index in [1.54, 1.807) is 16.8 Å². The van der Waals surface area contributed by atoms with Crippen LogP contribution in [-0.2, 0) is 11.3 Å².